The van der Waals surface area contributed by atoms with Crippen LogP contribution in [-0.4, -0.2) is 43.4 Å². The fourth-order valence-electron chi connectivity index (χ4n) is 3.03. The number of carbonyl (C=O) groups excluding carboxylic acids is 1. The van der Waals surface area contributed by atoms with Gasteiger partial charge in [0.05, 0.1) is 23.9 Å². The number of hydrogen-bond acceptors (Lipinski definition) is 5. The molecular weight excluding hydrogens is 332 g/mol. The molecule has 1 unspecified atom stereocenters. The third kappa shape index (κ3) is 2.75. The number of fused-ring (bicyclic) bond motifs is 1. The number of nitrogens with zero attached hydrogens (tertiary/aromatic N) is 4. The molecule has 0 saturated carbocycles. The highest BCUT2D eigenvalue weighted by molar-refractivity contribution is 5.97. The van der Waals surface area contributed by atoms with Gasteiger partial charge in [0.1, 0.15) is 6.04 Å². The van der Waals surface area contributed by atoms with Gasteiger partial charge in [-0.1, -0.05) is 12.1 Å². The maximum Gasteiger partial charge on any atom is 0.267 e. The van der Waals surface area contributed by atoms with Crippen LogP contribution in [0.25, 0.3) is 11.0 Å². The Morgan fingerprint density at radius 3 is 3.08 bits per heavy atom. The number of hydrogen-bond donors (Lipinski definition) is 1. The lowest BCUT2D eigenvalue weighted by atomic mass is 10.1. The van der Waals surface area contributed by atoms with E-state index in [2.05, 4.69) is 20.1 Å². The summed E-state index contributed by atoms with van der Waals surface area (Å²) in [4.78, 5) is 25.0. The van der Waals surface area contributed by atoms with E-state index < -0.39 is 30.8 Å². The van der Waals surface area contributed by atoms with Crippen molar-refractivity contribution in [3.63, 3.8) is 0 Å². The second kappa shape index (κ2) is 5.61. The maximum absolute atomic E-state index is 14.0. The summed E-state index contributed by atoms with van der Waals surface area (Å²) in [6.45, 7) is 1.15. The number of likely N-dealkylation sites (tertiary alicyclic amines) is 1. The standard InChI is InChI=1S/C16H15F2N5O2/c1-2-13-21-14(25-22-13)12-6-16(17,18)7-23(12)15(24)9-3-4-10-11(5-9)20-8-19-10/h3-5,8,12H,2,6-7H2,1H3,(H,19,20). The molecule has 1 atom stereocenters. The topological polar surface area (TPSA) is 87.9 Å². The van der Waals surface area contributed by atoms with Crippen LogP contribution in [0.5, 0.6) is 0 Å². The monoisotopic (exact) mass is 347 g/mol. The summed E-state index contributed by atoms with van der Waals surface area (Å²) in [6.07, 6.45) is 1.50. The molecule has 1 amide bonds. The van der Waals surface area contributed by atoms with Gasteiger partial charge in [0.2, 0.25) is 5.89 Å². The summed E-state index contributed by atoms with van der Waals surface area (Å²) in [5.74, 6) is -3.03. The van der Waals surface area contributed by atoms with Gasteiger partial charge in [-0.3, -0.25) is 4.79 Å². The number of alkyl halides is 2. The number of H-pyrrole nitrogens is 1. The Labute approximate surface area is 141 Å². The molecule has 3 aromatic rings. The molecule has 130 valence electrons. The van der Waals surface area contributed by atoms with Crippen molar-refractivity contribution in [1.29, 1.82) is 0 Å². The Balaban J connectivity index is 1.68. The number of aromatic nitrogens is 4. The van der Waals surface area contributed by atoms with Gasteiger partial charge < -0.3 is 14.4 Å². The van der Waals surface area contributed by atoms with Crippen LogP contribution in [0.4, 0.5) is 8.78 Å². The summed E-state index contributed by atoms with van der Waals surface area (Å²) in [5.41, 5.74) is 1.67. The van der Waals surface area contributed by atoms with Gasteiger partial charge in [0.15, 0.2) is 5.82 Å². The molecule has 4 rings (SSSR count). The van der Waals surface area contributed by atoms with Gasteiger partial charge in [-0.2, -0.15) is 4.98 Å². The molecule has 0 aliphatic carbocycles. The minimum Gasteiger partial charge on any atom is -0.345 e. The van der Waals surface area contributed by atoms with Crippen LogP contribution in [0.2, 0.25) is 0 Å². The van der Waals surface area contributed by atoms with Crippen molar-refractivity contribution in [2.24, 2.45) is 0 Å². The predicted octanol–water partition coefficient (Wildman–Crippen LogP) is 2.73. The minimum atomic E-state index is -3.00. The highest BCUT2D eigenvalue weighted by Crippen LogP contribution is 2.41. The van der Waals surface area contributed by atoms with Crippen LogP contribution in [0, 0.1) is 0 Å². The summed E-state index contributed by atoms with van der Waals surface area (Å²) < 4.78 is 33.1. The third-order valence-electron chi connectivity index (χ3n) is 4.28. The van der Waals surface area contributed by atoms with E-state index in [1.807, 2.05) is 6.92 Å². The van der Waals surface area contributed by atoms with Crippen LogP contribution in [0.3, 0.4) is 0 Å². The number of benzene rings is 1. The number of nitrogens with one attached hydrogen (secondary N) is 1. The van der Waals surface area contributed by atoms with E-state index in [4.69, 9.17) is 4.52 Å². The second-order valence-electron chi connectivity index (χ2n) is 6.05. The number of halogens is 2. The molecule has 1 fully saturated rings. The van der Waals surface area contributed by atoms with E-state index >= 15 is 0 Å². The zero-order valence-electron chi connectivity index (χ0n) is 13.4. The lowest BCUT2D eigenvalue weighted by Crippen LogP contribution is -2.33. The molecule has 1 saturated heterocycles. The van der Waals surface area contributed by atoms with E-state index in [1.54, 1.807) is 18.2 Å². The van der Waals surface area contributed by atoms with Crippen molar-refractivity contribution in [3.05, 3.63) is 41.8 Å². The number of rotatable bonds is 3. The van der Waals surface area contributed by atoms with Gasteiger partial charge in [-0.15, -0.1) is 0 Å². The molecule has 9 heteroatoms. The molecule has 1 N–H and O–H groups in total. The fraction of sp³-hybridized carbons (Fsp3) is 0.375. The number of aromatic amines is 1. The first-order valence-electron chi connectivity index (χ1n) is 7.91. The summed E-state index contributed by atoms with van der Waals surface area (Å²) in [6, 6.07) is 3.91. The molecule has 25 heavy (non-hydrogen) atoms. The number of amides is 1. The molecule has 1 aliphatic rings. The highest BCUT2D eigenvalue weighted by Gasteiger charge is 2.50. The average Bonchev–Trinajstić information content (AvgIpc) is 3.30. The van der Waals surface area contributed by atoms with E-state index in [1.165, 1.54) is 6.33 Å². The lowest BCUT2D eigenvalue weighted by Gasteiger charge is -2.21. The molecule has 2 aromatic heterocycles. The van der Waals surface area contributed by atoms with Crippen LogP contribution in [0.1, 0.15) is 41.5 Å². The highest BCUT2D eigenvalue weighted by atomic mass is 19.3. The van der Waals surface area contributed by atoms with Crippen molar-refractivity contribution in [3.8, 4) is 0 Å². The Bertz CT molecular complexity index is 935. The van der Waals surface area contributed by atoms with Gasteiger partial charge in [-0.25, -0.2) is 13.8 Å². The zero-order chi connectivity index (χ0) is 17.6. The first kappa shape index (κ1) is 15.7. The minimum absolute atomic E-state index is 0.0463. The molecule has 7 nitrogen and oxygen atoms in total. The van der Waals surface area contributed by atoms with Gasteiger partial charge in [0.25, 0.3) is 11.8 Å². The average molecular weight is 347 g/mol. The van der Waals surface area contributed by atoms with E-state index in [9.17, 15) is 13.6 Å². The molecule has 1 aromatic carbocycles. The van der Waals surface area contributed by atoms with Gasteiger partial charge in [0, 0.05) is 18.4 Å². The second-order valence-corrected chi connectivity index (χ2v) is 6.05. The van der Waals surface area contributed by atoms with Crippen molar-refractivity contribution in [2.75, 3.05) is 6.54 Å². The molecule has 0 bridgehead atoms. The van der Waals surface area contributed by atoms with Crippen molar-refractivity contribution >= 4 is 16.9 Å². The van der Waals surface area contributed by atoms with Gasteiger partial charge in [-0.05, 0) is 18.2 Å². The Hall–Kier alpha value is -2.84. The van der Waals surface area contributed by atoms with Crippen LogP contribution < -0.4 is 0 Å². The molecular formula is C16H15F2N5O2. The largest absolute Gasteiger partial charge is 0.345 e. The third-order valence-corrected chi connectivity index (χ3v) is 4.28. The number of imidazole rings is 1. The maximum atomic E-state index is 14.0. The summed E-state index contributed by atoms with van der Waals surface area (Å²) >= 11 is 0. The van der Waals surface area contributed by atoms with Crippen LogP contribution in [-0.2, 0) is 6.42 Å². The molecule has 1 aliphatic heterocycles. The van der Waals surface area contributed by atoms with E-state index in [0.29, 0.717) is 28.8 Å². The van der Waals surface area contributed by atoms with Crippen molar-refractivity contribution in [1.82, 2.24) is 25.0 Å². The Morgan fingerprint density at radius 1 is 1.48 bits per heavy atom. The lowest BCUT2D eigenvalue weighted by molar-refractivity contribution is 0.0117. The first-order chi connectivity index (χ1) is 12.0. The smallest absolute Gasteiger partial charge is 0.267 e. The Kier molecular flexibility index (Phi) is 3.52. The van der Waals surface area contributed by atoms with E-state index in [0.717, 1.165) is 4.90 Å². The van der Waals surface area contributed by atoms with Crippen molar-refractivity contribution in [2.45, 2.75) is 31.7 Å². The van der Waals surface area contributed by atoms with Gasteiger partial charge >= 0.3 is 0 Å². The zero-order valence-corrected chi connectivity index (χ0v) is 13.4. The number of aryl methyl sites for hydroxylation is 1. The van der Waals surface area contributed by atoms with Crippen molar-refractivity contribution < 1.29 is 18.1 Å². The fourth-order valence-corrected chi connectivity index (χ4v) is 3.03. The molecule has 0 spiro atoms. The quantitative estimate of drug-likeness (QED) is 0.787. The first-order valence-corrected chi connectivity index (χ1v) is 7.91. The number of carbonyl (C=O) groups is 1. The normalized spacial score (nSPS) is 19.6. The summed E-state index contributed by atoms with van der Waals surface area (Å²) in [7, 11) is 0. The summed E-state index contributed by atoms with van der Waals surface area (Å²) in [5, 5.41) is 3.75. The van der Waals surface area contributed by atoms with Crippen LogP contribution in [0.15, 0.2) is 29.0 Å². The van der Waals surface area contributed by atoms with E-state index in [-0.39, 0.29) is 5.89 Å². The Morgan fingerprint density at radius 2 is 2.32 bits per heavy atom. The molecule has 3 heterocycles. The molecule has 0 radical (unpaired) electrons. The van der Waals surface area contributed by atoms with Crippen LogP contribution >= 0.6 is 0 Å². The predicted molar refractivity (Wildman–Crippen MR) is 83.1 cm³/mol. The SMILES string of the molecule is CCc1noc(C2CC(F)(F)CN2C(=O)c2ccc3nc[nH]c3c2)n1.